The van der Waals surface area contributed by atoms with Gasteiger partial charge in [-0.05, 0) is 59.6 Å². The first-order valence-electron chi connectivity index (χ1n) is 10.1. The Bertz CT molecular complexity index is 1180. The summed E-state index contributed by atoms with van der Waals surface area (Å²) in [5.74, 6) is 0.851. The third-order valence-corrected chi connectivity index (χ3v) is 6.04. The first kappa shape index (κ1) is 22.0. The van der Waals surface area contributed by atoms with E-state index < -0.39 is 0 Å². The van der Waals surface area contributed by atoms with E-state index in [1.54, 1.807) is 6.07 Å². The third-order valence-electron chi connectivity index (χ3n) is 5.20. The summed E-state index contributed by atoms with van der Waals surface area (Å²) in [5.41, 5.74) is 3.30. The topological polar surface area (TPSA) is 21.3 Å². The summed E-state index contributed by atoms with van der Waals surface area (Å²) in [6, 6.07) is 25.9. The summed E-state index contributed by atoms with van der Waals surface area (Å²) in [4.78, 5) is 0. The predicted molar refractivity (Wildman–Crippen MR) is 132 cm³/mol. The molecule has 0 aliphatic rings. The summed E-state index contributed by atoms with van der Waals surface area (Å²) in [6.07, 6.45) is 0.929. The van der Waals surface area contributed by atoms with E-state index in [4.69, 9.17) is 39.5 Å². The minimum Gasteiger partial charge on any atom is -0.488 e. The smallest absolute Gasteiger partial charge is 0.124 e. The summed E-state index contributed by atoms with van der Waals surface area (Å²) >= 11 is 18.3. The van der Waals surface area contributed by atoms with Crippen LogP contribution >= 0.6 is 34.8 Å². The van der Waals surface area contributed by atoms with Gasteiger partial charge in [0, 0.05) is 32.7 Å². The van der Waals surface area contributed by atoms with Crippen LogP contribution in [-0.4, -0.2) is 6.54 Å². The molecule has 4 aromatic carbocycles. The van der Waals surface area contributed by atoms with Gasteiger partial charge in [0.1, 0.15) is 12.4 Å². The number of halogens is 3. The molecular weight excluding hydrogens is 449 g/mol. The molecule has 2 nitrogen and oxygen atoms in total. The van der Waals surface area contributed by atoms with E-state index in [1.807, 2.05) is 36.4 Å². The van der Waals surface area contributed by atoms with Crippen molar-refractivity contribution in [2.24, 2.45) is 0 Å². The van der Waals surface area contributed by atoms with Gasteiger partial charge in [-0.15, -0.1) is 0 Å². The maximum absolute atomic E-state index is 6.32. The molecule has 0 aromatic heterocycles. The van der Waals surface area contributed by atoms with Gasteiger partial charge in [0.2, 0.25) is 0 Å². The lowest BCUT2D eigenvalue weighted by Gasteiger charge is -2.16. The van der Waals surface area contributed by atoms with Gasteiger partial charge >= 0.3 is 0 Å². The highest BCUT2D eigenvalue weighted by Crippen LogP contribution is 2.30. The Labute approximate surface area is 197 Å². The van der Waals surface area contributed by atoms with Crippen LogP contribution < -0.4 is 10.1 Å². The Morgan fingerprint density at radius 3 is 2.35 bits per heavy atom. The molecule has 0 bridgehead atoms. The lowest BCUT2D eigenvalue weighted by Crippen LogP contribution is -2.17. The van der Waals surface area contributed by atoms with Crippen molar-refractivity contribution >= 4 is 45.6 Å². The molecule has 0 spiro atoms. The molecule has 0 fully saturated rings. The zero-order valence-electron chi connectivity index (χ0n) is 16.9. The van der Waals surface area contributed by atoms with Crippen LogP contribution in [0.1, 0.15) is 16.7 Å². The van der Waals surface area contributed by atoms with E-state index in [-0.39, 0.29) is 0 Å². The molecule has 0 aliphatic heterocycles. The second kappa shape index (κ2) is 10.4. The molecule has 1 N–H and O–H groups in total. The zero-order valence-corrected chi connectivity index (χ0v) is 19.1. The van der Waals surface area contributed by atoms with Crippen molar-refractivity contribution in [2.75, 3.05) is 6.54 Å². The van der Waals surface area contributed by atoms with Crippen LogP contribution in [0.15, 0.2) is 78.9 Å². The molecule has 0 aliphatic carbocycles. The highest BCUT2D eigenvalue weighted by atomic mass is 35.5. The fourth-order valence-corrected chi connectivity index (χ4v) is 4.11. The van der Waals surface area contributed by atoms with E-state index in [0.29, 0.717) is 23.2 Å². The Morgan fingerprint density at radius 1 is 0.774 bits per heavy atom. The molecule has 0 saturated carbocycles. The van der Waals surface area contributed by atoms with Gasteiger partial charge in [0.15, 0.2) is 0 Å². The second-order valence-electron chi connectivity index (χ2n) is 7.34. The van der Waals surface area contributed by atoms with Gasteiger partial charge < -0.3 is 10.1 Å². The quantitative estimate of drug-likeness (QED) is 0.266. The Hall–Kier alpha value is -2.23. The minimum absolute atomic E-state index is 0.381. The van der Waals surface area contributed by atoms with E-state index in [9.17, 15) is 0 Å². The van der Waals surface area contributed by atoms with Crippen LogP contribution in [-0.2, 0) is 19.6 Å². The van der Waals surface area contributed by atoms with E-state index in [0.717, 1.165) is 34.9 Å². The van der Waals surface area contributed by atoms with Gasteiger partial charge in [-0.25, -0.2) is 0 Å². The van der Waals surface area contributed by atoms with Gasteiger partial charge in [-0.3, -0.25) is 0 Å². The molecule has 31 heavy (non-hydrogen) atoms. The number of ether oxygens (including phenoxy) is 1. The molecule has 5 heteroatoms. The molecule has 0 radical (unpaired) electrons. The molecule has 0 heterocycles. The molecule has 0 saturated heterocycles. The minimum atomic E-state index is 0.381. The van der Waals surface area contributed by atoms with Gasteiger partial charge in [-0.2, -0.15) is 0 Å². The summed E-state index contributed by atoms with van der Waals surface area (Å²) in [7, 11) is 0. The van der Waals surface area contributed by atoms with Crippen LogP contribution in [0.2, 0.25) is 15.1 Å². The number of hydrogen-bond acceptors (Lipinski definition) is 2. The maximum atomic E-state index is 6.32. The first-order valence-corrected chi connectivity index (χ1v) is 11.3. The summed E-state index contributed by atoms with van der Waals surface area (Å²) in [6.45, 7) is 1.94. The van der Waals surface area contributed by atoms with Crippen LogP contribution in [0.25, 0.3) is 10.8 Å². The van der Waals surface area contributed by atoms with Crippen molar-refractivity contribution in [3.05, 3.63) is 111 Å². The fourth-order valence-electron chi connectivity index (χ4n) is 3.52. The van der Waals surface area contributed by atoms with Crippen molar-refractivity contribution < 1.29 is 4.74 Å². The van der Waals surface area contributed by atoms with Crippen LogP contribution in [0.5, 0.6) is 5.75 Å². The molecular formula is C26H22Cl3NO. The number of nitrogens with one attached hydrogen (secondary N) is 1. The molecule has 0 amide bonds. The number of benzene rings is 4. The average molecular weight is 471 g/mol. The van der Waals surface area contributed by atoms with Crippen molar-refractivity contribution in [3.63, 3.8) is 0 Å². The largest absolute Gasteiger partial charge is 0.488 e. The highest BCUT2D eigenvalue weighted by Gasteiger charge is 2.10. The summed E-state index contributed by atoms with van der Waals surface area (Å²) in [5, 5.41) is 7.91. The Morgan fingerprint density at radius 2 is 1.55 bits per heavy atom. The molecule has 4 aromatic rings. The lowest BCUT2D eigenvalue weighted by atomic mass is 10.0. The van der Waals surface area contributed by atoms with E-state index >= 15 is 0 Å². The van der Waals surface area contributed by atoms with Crippen LogP contribution in [0.3, 0.4) is 0 Å². The first-order chi connectivity index (χ1) is 15.1. The van der Waals surface area contributed by atoms with Crippen molar-refractivity contribution in [2.45, 2.75) is 19.6 Å². The molecule has 158 valence electrons. The third kappa shape index (κ3) is 5.72. The number of rotatable bonds is 8. The number of hydrogen-bond donors (Lipinski definition) is 1. The number of fused-ring (bicyclic) bond motifs is 1. The van der Waals surface area contributed by atoms with Crippen molar-refractivity contribution in [1.29, 1.82) is 0 Å². The predicted octanol–water partition coefficient (Wildman–Crippen LogP) is 7.71. The van der Waals surface area contributed by atoms with Gasteiger partial charge in [-0.1, -0.05) is 83.3 Å². The highest BCUT2D eigenvalue weighted by molar-refractivity contribution is 6.35. The Kier molecular flexibility index (Phi) is 7.37. The van der Waals surface area contributed by atoms with E-state index in [1.165, 1.54) is 16.3 Å². The van der Waals surface area contributed by atoms with Gasteiger partial charge in [0.25, 0.3) is 0 Å². The Balaban J connectivity index is 1.49. The lowest BCUT2D eigenvalue weighted by molar-refractivity contribution is 0.303. The normalized spacial score (nSPS) is 11.1. The molecule has 0 unspecified atom stereocenters. The second-order valence-corrected chi connectivity index (χ2v) is 8.62. The van der Waals surface area contributed by atoms with Crippen molar-refractivity contribution in [1.82, 2.24) is 5.32 Å². The zero-order chi connectivity index (χ0) is 21.6. The van der Waals surface area contributed by atoms with Crippen LogP contribution in [0, 0.1) is 0 Å². The van der Waals surface area contributed by atoms with Gasteiger partial charge in [0.05, 0.1) is 0 Å². The standard InChI is InChI=1S/C26H22Cl3NO/c27-21-9-5-18(6-10-21)13-14-30-16-24-23-4-2-1-3-19(23)8-12-26(24)31-17-20-7-11-22(28)15-25(20)29/h1-12,15,30H,13-14,16-17H2. The van der Waals surface area contributed by atoms with E-state index in [2.05, 4.69) is 41.7 Å². The van der Waals surface area contributed by atoms with Crippen LogP contribution in [0.4, 0.5) is 0 Å². The van der Waals surface area contributed by atoms with Crippen molar-refractivity contribution in [3.8, 4) is 5.75 Å². The summed E-state index contributed by atoms with van der Waals surface area (Å²) < 4.78 is 6.20. The monoisotopic (exact) mass is 469 g/mol. The fraction of sp³-hybridized carbons (Fsp3) is 0.154. The molecule has 4 rings (SSSR count). The molecule has 0 atom stereocenters. The average Bonchev–Trinajstić information content (AvgIpc) is 2.78. The SMILES string of the molecule is Clc1ccc(CCNCc2c(OCc3ccc(Cl)cc3Cl)ccc3ccccc23)cc1. The maximum Gasteiger partial charge on any atom is 0.124 e.